The molecule has 0 aliphatic rings. The third kappa shape index (κ3) is 5.61. The summed E-state index contributed by atoms with van der Waals surface area (Å²) >= 11 is 0. The molecule has 0 radical (unpaired) electrons. The molecule has 1 unspecified atom stereocenters. The molecule has 1 aromatic heterocycles. The standard InChI is InChI=1S/C30H28N2O4/c1-22-21-23(2)32-29(31-22)36-27(28(33)34)30(25-16-8-4-9-17-25,26-18-10-5-11-19-26)35-20-12-15-24-13-6-3-7-14-24/h3-14,16-21,27H,15H2,1-2H3,(H,33,34)/b20-12+. The van der Waals surface area contributed by atoms with Gasteiger partial charge in [0.15, 0.2) is 0 Å². The maximum absolute atomic E-state index is 12.8. The van der Waals surface area contributed by atoms with Gasteiger partial charge in [0, 0.05) is 22.5 Å². The van der Waals surface area contributed by atoms with E-state index in [0.29, 0.717) is 28.9 Å². The zero-order valence-corrected chi connectivity index (χ0v) is 20.2. The summed E-state index contributed by atoms with van der Waals surface area (Å²) in [5.41, 5.74) is 2.18. The van der Waals surface area contributed by atoms with E-state index in [1.54, 1.807) is 12.3 Å². The van der Waals surface area contributed by atoms with Gasteiger partial charge in [0.05, 0.1) is 6.26 Å². The van der Waals surface area contributed by atoms with Crippen LogP contribution in [0.2, 0.25) is 0 Å². The Morgan fingerprint density at radius 3 is 1.86 bits per heavy atom. The summed E-state index contributed by atoms with van der Waals surface area (Å²) in [4.78, 5) is 21.5. The van der Waals surface area contributed by atoms with Crippen LogP contribution in [0.1, 0.15) is 28.1 Å². The molecule has 3 aromatic carbocycles. The van der Waals surface area contributed by atoms with Gasteiger partial charge in [-0.15, -0.1) is 0 Å². The fourth-order valence-electron chi connectivity index (χ4n) is 4.15. The molecule has 6 nitrogen and oxygen atoms in total. The number of allylic oxidation sites excluding steroid dienone is 1. The Balaban J connectivity index is 1.83. The van der Waals surface area contributed by atoms with Crippen molar-refractivity contribution in [3.8, 4) is 6.01 Å². The van der Waals surface area contributed by atoms with Gasteiger partial charge in [0.2, 0.25) is 11.7 Å². The van der Waals surface area contributed by atoms with E-state index in [2.05, 4.69) is 9.97 Å². The summed E-state index contributed by atoms with van der Waals surface area (Å²) < 4.78 is 12.5. The van der Waals surface area contributed by atoms with Crippen LogP contribution in [-0.4, -0.2) is 27.1 Å². The highest BCUT2D eigenvalue weighted by molar-refractivity contribution is 5.76. The van der Waals surface area contributed by atoms with Crippen LogP contribution in [-0.2, 0) is 21.6 Å². The molecule has 0 saturated heterocycles. The van der Waals surface area contributed by atoms with Gasteiger partial charge in [0.1, 0.15) is 0 Å². The number of aliphatic carboxylic acids is 1. The largest absolute Gasteiger partial charge is 0.481 e. The van der Waals surface area contributed by atoms with E-state index in [1.807, 2.05) is 111 Å². The number of nitrogens with zero attached hydrogens (tertiary/aromatic N) is 2. The molecule has 0 aliphatic heterocycles. The number of ether oxygens (including phenoxy) is 2. The molecule has 4 aromatic rings. The van der Waals surface area contributed by atoms with Crippen LogP contribution in [0.4, 0.5) is 0 Å². The number of hydrogen-bond acceptors (Lipinski definition) is 5. The normalized spacial score (nSPS) is 12.3. The SMILES string of the molecule is Cc1cc(C)nc(OC(C(=O)O)C(O/C=C/Cc2ccccc2)(c2ccccc2)c2ccccc2)n1. The zero-order valence-electron chi connectivity index (χ0n) is 20.2. The summed E-state index contributed by atoms with van der Waals surface area (Å²) in [6.07, 6.45) is 2.54. The highest BCUT2D eigenvalue weighted by Gasteiger charge is 2.51. The maximum atomic E-state index is 12.8. The predicted octanol–water partition coefficient (Wildman–Crippen LogP) is 5.64. The van der Waals surface area contributed by atoms with E-state index in [0.717, 1.165) is 5.56 Å². The molecule has 1 atom stereocenters. The highest BCUT2D eigenvalue weighted by Crippen LogP contribution is 2.39. The fraction of sp³-hybridized carbons (Fsp3) is 0.167. The lowest BCUT2D eigenvalue weighted by molar-refractivity contribution is -0.158. The van der Waals surface area contributed by atoms with Gasteiger partial charge in [0.25, 0.3) is 0 Å². The monoisotopic (exact) mass is 480 g/mol. The number of carbonyl (C=O) groups is 1. The van der Waals surface area contributed by atoms with Gasteiger partial charge in [-0.2, -0.15) is 0 Å². The number of aromatic nitrogens is 2. The number of rotatable bonds is 10. The number of aryl methyl sites for hydroxylation is 2. The predicted molar refractivity (Wildman–Crippen MR) is 138 cm³/mol. The van der Waals surface area contributed by atoms with E-state index in [1.165, 1.54) is 0 Å². The molecule has 1 heterocycles. The first-order valence-electron chi connectivity index (χ1n) is 11.7. The van der Waals surface area contributed by atoms with Crippen molar-refractivity contribution in [1.29, 1.82) is 0 Å². The fourth-order valence-corrected chi connectivity index (χ4v) is 4.15. The lowest BCUT2D eigenvalue weighted by Crippen LogP contribution is -2.50. The third-order valence-electron chi connectivity index (χ3n) is 5.73. The summed E-state index contributed by atoms with van der Waals surface area (Å²) in [6.45, 7) is 3.61. The second kappa shape index (κ2) is 11.3. The first-order valence-corrected chi connectivity index (χ1v) is 11.7. The van der Waals surface area contributed by atoms with E-state index >= 15 is 0 Å². The molecule has 0 aliphatic carbocycles. The Kier molecular flexibility index (Phi) is 7.75. The Bertz CT molecular complexity index is 1250. The molecule has 182 valence electrons. The Hall–Kier alpha value is -4.45. The van der Waals surface area contributed by atoms with E-state index in [-0.39, 0.29) is 6.01 Å². The Morgan fingerprint density at radius 1 is 0.861 bits per heavy atom. The summed E-state index contributed by atoms with van der Waals surface area (Å²) in [5.74, 6) is -1.21. The smallest absolute Gasteiger partial charge is 0.350 e. The van der Waals surface area contributed by atoms with Crippen molar-refractivity contribution in [2.75, 3.05) is 0 Å². The van der Waals surface area contributed by atoms with Crippen LogP contribution in [0.15, 0.2) is 109 Å². The molecule has 6 heteroatoms. The molecule has 36 heavy (non-hydrogen) atoms. The van der Waals surface area contributed by atoms with Crippen molar-refractivity contribution in [3.05, 3.63) is 137 Å². The Labute approximate surface area is 210 Å². The summed E-state index contributed by atoms with van der Waals surface area (Å²) in [7, 11) is 0. The minimum absolute atomic E-state index is 0.0204. The van der Waals surface area contributed by atoms with E-state index in [4.69, 9.17) is 9.47 Å². The van der Waals surface area contributed by atoms with Crippen molar-refractivity contribution in [2.24, 2.45) is 0 Å². The quantitative estimate of drug-likeness (QED) is 0.296. The molecule has 1 N–H and O–H groups in total. The third-order valence-corrected chi connectivity index (χ3v) is 5.73. The lowest BCUT2D eigenvalue weighted by atomic mass is 9.81. The average Bonchev–Trinajstić information content (AvgIpc) is 2.89. The van der Waals surface area contributed by atoms with Crippen LogP contribution in [0, 0.1) is 13.8 Å². The molecule has 0 spiro atoms. The van der Waals surface area contributed by atoms with Gasteiger partial charge in [-0.25, -0.2) is 14.8 Å². The van der Waals surface area contributed by atoms with Gasteiger partial charge in [-0.05, 0) is 38.0 Å². The van der Waals surface area contributed by atoms with Crippen LogP contribution >= 0.6 is 0 Å². The van der Waals surface area contributed by atoms with Crippen molar-refractivity contribution in [1.82, 2.24) is 9.97 Å². The minimum Gasteiger partial charge on any atom is -0.481 e. The average molecular weight is 481 g/mol. The lowest BCUT2D eigenvalue weighted by Gasteiger charge is -2.38. The van der Waals surface area contributed by atoms with Crippen LogP contribution in [0.25, 0.3) is 0 Å². The molecular weight excluding hydrogens is 452 g/mol. The maximum Gasteiger partial charge on any atom is 0.350 e. The minimum atomic E-state index is -1.53. The molecule has 4 rings (SSSR count). The second-order valence-electron chi connectivity index (χ2n) is 8.42. The summed E-state index contributed by atoms with van der Waals surface area (Å²) in [6, 6.07) is 30.2. The number of hydrogen-bond donors (Lipinski definition) is 1. The van der Waals surface area contributed by atoms with Gasteiger partial charge in [-0.1, -0.05) is 91.0 Å². The van der Waals surface area contributed by atoms with Gasteiger partial charge >= 0.3 is 12.0 Å². The molecule has 0 amide bonds. The highest BCUT2D eigenvalue weighted by atomic mass is 16.6. The topological polar surface area (TPSA) is 81.5 Å². The molecule has 0 fully saturated rings. The van der Waals surface area contributed by atoms with Gasteiger partial charge < -0.3 is 14.6 Å². The van der Waals surface area contributed by atoms with Gasteiger partial charge in [-0.3, -0.25) is 0 Å². The number of benzene rings is 3. The first kappa shape index (κ1) is 24.7. The van der Waals surface area contributed by atoms with Crippen molar-refractivity contribution in [3.63, 3.8) is 0 Å². The molecule has 0 bridgehead atoms. The second-order valence-corrected chi connectivity index (χ2v) is 8.42. The number of carboxylic acids is 1. The van der Waals surface area contributed by atoms with Crippen molar-refractivity contribution >= 4 is 5.97 Å². The molecule has 0 saturated carbocycles. The van der Waals surface area contributed by atoms with Crippen LogP contribution in [0.3, 0.4) is 0 Å². The van der Waals surface area contributed by atoms with Crippen LogP contribution < -0.4 is 4.74 Å². The van der Waals surface area contributed by atoms with E-state index in [9.17, 15) is 9.90 Å². The summed E-state index contributed by atoms with van der Waals surface area (Å²) in [5, 5.41) is 10.5. The zero-order chi connectivity index (χ0) is 25.4. The van der Waals surface area contributed by atoms with Crippen molar-refractivity contribution < 1.29 is 19.4 Å². The van der Waals surface area contributed by atoms with E-state index < -0.39 is 17.7 Å². The first-order chi connectivity index (χ1) is 17.5. The molecular formula is C30H28N2O4. The Morgan fingerprint density at radius 2 is 1.36 bits per heavy atom. The number of carboxylic acid groups (broad SMARTS) is 1. The van der Waals surface area contributed by atoms with Crippen molar-refractivity contribution in [2.45, 2.75) is 32.0 Å². The van der Waals surface area contributed by atoms with Crippen LogP contribution in [0.5, 0.6) is 6.01 Å².